The molecule has 4 rings (SSSR count). The molecule has 2 amide bonds. The normalized spacial score (nSPS) is 15.0. The maximum absolute atomic E-state index is 13.3. The van der Waals surface area contributed by atoms with Gasteiger partial charge in [-0.15, -0.1) is 0 Å². The van der Waals surface area contributed by atoms with E-state index in [0.717, 1.165) is 28.9 Å². The number of nitrogens with zero attached hydrogens (tertiary/aromatic N) is 3. The van der Waals surface area contributed by atoms with Crippen LogP contribution >= 0.6 is 0 Å². The van der Waals surface area contributed by atoms with Gasteiger partial charge in [0, 0.05) is 36.4 Å². The number of aryl methyl sites for hydroxylation is 1. The number of rotatable bonds is 4. The van der Waals surface area contributed by atoms with E-state index in [0.29, 0.717) is 17.7 Å². The highest BCUT2D eigenvalue weighted by atomic mass is 16.2. The van der Waals surface area contributed by atoms with Crippen LogP contribution in [0.3, 0.4) is 0 Å². The van der Waals surface area contributed by atoms with Crippen LogP contribution in [0.1, 0.15) is 45.7 Å². The highest BCUT2D eigenvalue weighted by Gasteiger charge is 2.31. The summed E-state index contributed by atoms with van der Waals surface area (Å²) in [6, 6.07) is 17.5. The van der Waals surface area contributed by atoms with Crippen LogP contribution in [-0.4, -0.2) is 29.4 Å². The summed E-state index contributed by atoms with van der Waals surface area (Å²) in [5.74, 6) is -0.298. The first-order chi connectivity index (χ1) is 14.5. The molecule has 1 unspecified atom stereocenters. The van der Waals surface area contributed by atoms with Gasteiger partial charge in [-0.3, -0.25) is 14.6 Å². The lowest BCUT2D eigenvalue weighted by Crippen LogP contribution is -2.36. The van der Waals surface area contributed by atoms with E-state index < -0.39 is 0 Å². The number of carbonyl (C=O) groups excluding carboxylic acids is 2. The molecule has 5 nitrogen and oxygen atoms in total. The molecule has 0 spiro atoms. The van der Waals surface area contributed by atoms with Gasteiger partial charge in [0.1, 0.15) is 0 Å². The molecule has 0 saturated heterocycles. The summed E-state index contributed by atoms with van der Waals surface area (Å²) in [6.07, 6.45) is 3.89. The molecule has 0 aliphatic carbocycles. The van der Waals surface area contributed by atoms with Crippen LogP contribution in [0.25, 0.3) is 0 Å². The predicted octanol–water partition coefficient (Wildman–Crippen LogP) is 4.65. The Bertz CT molecular complexity index is 1110. The number of carbonyl (C=O) groups is 2. The Hall–Kier alpha value is -3.47. The smallest absolute Gasteiger partial charge is 0.260 e. The summed E-state index contributed by atoms with van der Waals surface area (Å²) in [7, 11) is 0. The Morgan fingerprint density at radius 1 is 1.07 bits per heavy atom. The number of amides is 2. The van der Waals surface area contributed by atoms with Crippen molar-refractivity contribution in [1.29, 1.82) is 0 Å². The molecule has 5 heteroatoms. The Morgan fingerprint density at radius 2 is 1.83 bits per heavy atom. The minimum absolute atomic E-state index is 0.0636. The van der Waals surface area contributed by atoms with Crippen LogP contribution in [0.5, 0.6) is 0 Å². The van der Waals surface area contributed by atoms with Crippen molar-refractivity contribution >= 4 is 23.2 Å². The van der Waals surface area contributed by atoms with Crippen LogP contribution in [0.2, 0.25) is 0 Å². The summed E-state index contributed by atoms with van der Waals surface area (Å²) in [5, 5.41) is 0. The lowest BCUT2D eigenvalue weighted by Gasteiger charge is -2.24. The molecule has 30 heavy (non-hydrogen) atoms. The second-order valence-electron chi connectivity index (χ2n) is 7.71. The quantitative estimate of drug-likeness (QED) is 0.642. The van der Waals surface area contributed by atoms with Gasteiger partial charge in [0.25, 0.3) is 11.8 Å². The highest BCUT2D eigenvalue weighted by molar-refractivity contribution is 6.11. The molecule has 0 bridgehead atoms. The lowest BCUT2D eigenvalue weighted by molar-refractivity contribution is 0.0981. The van der Waals surface area contributed by atoms with Gasteiger partial charge in [0.15, 0.2) is 0 Å². The van der Waals surface area contributed by atoms with E-state index in [9.17, 15) is 9.59 Å². The van der Waals surface area contributed by atoms with E-state index in [1.165, 1.54) is 12.4 Å². The summed E-state index contributed by atoms with van der Waals surface area (Å²) in [5.41, 5.74) is 4.84. The topological polar surface area (TPSA) is 53.5 Å². The van der Waals surface area contributed by atoms with Crippen LogP contribution in [0, 0.1) is 6.92 Å². The summed E-state index contributed by atoms with van der Waals surface area (Å²) in [6.45, 7) is 6.50. The van der Waals surface area contributed by atoms with Gasteiger partial charge < -0.3 is 9.80 Å². The Kier molecular flexibility index (Phi) is 5.36. The third-order valence-corrected chi connectivity index (χ3v) is 5.53. The Balaban J connectivity index is 1.64. The molecule has 0 N–H and O–H groups in total. The van der Waals surface area contributed by atoms with Gasteiger partial charge in [-0.1, -0.05) is 30.3 Å². The van der Waals surface area contributed by atoms with Crippen molar-refractivity contribution in [1.82, 2.24) is 4.98 Å². The number of para-hydroxylation sites is 1. The number of pyridine rings is 1. The van der Waals surface area contributed by atoms with Gasteiger partial charge in [-0.2, -0.15) is 0 Å². The molecule has 1 aliphatic rings. The van der Waals surface area contributed by atoms with Crippen molar-refractivity contribution in [2.45, 2.75) is 33.2 Å². The van der Waals surface area contributed by atoms with Crippen LogP contribution < -0.4 is 9.80 Å². The van der Waals surface area contributed by atoms with Crippen molar-refractivity contribution in [2.24, 2.45) is 0 Å². The van der Waals surface area contributed by atoms with Crippen molar-refractivity contribution in [3.05, 3.63) is 89.2 Å². The largest absolute Gasteiger partial charge is 0.309 e. The second-order valence-corrected chi connectivity index (χ2v) is 7.71. The Labute approximate surface area is 177 Å². The fourth-order valence-electron chi connectivity index (χ4n) is 4.08. The van der Waals surface area contributed by atoms with E-state index in [2.05, 4.69) is 11.1 Å². The molecule has 1 aliphatic heterocycles. The second kappa shape index (κ2) is 8.11. The van der Waals surface area contributed by atoms with Gasteiger partial charge in [0.2, 0.25) is 0 Å². The molecule has 0 fully saturated rings. The zero-order valence-corrected chi connectivity index (χ0v) is 17.5. The summed E-state index contributed by atoms with van der Waals surface area (Å²) >= 11 is 0. The van der Waals surface area contributed by atoms with Crippen LogP contribution in [-0.2, 0) is 6.42 Å². The fourth-order valence-corrected chi connectivity index (χ4v) is 4.08. The van der Waals surface area contributed by atoms with Gasteiger partial charge in [0.05, 0.1) is 11.1 Å². The van der Waals surface area contributed by atoms with E-state index in [1.807, 2.05) is 63.2 Å². The number of hydrogen-bond acceptors (Lipinski definition) is 3. The molecular weight excluding hydrogens is 374 g/mol. The van der Waals surface area contributed by atoms with Crippen LogP contribution in [0.15, 0.2) is 67.0 Å². The van der Waals surface area contributed by atoms with E-state index in [-0.39, 0.29) is 17.9 Å². The molecule has 1 atom stereocenters. The minimum atomic E-state index is -0.167. The van der Waals surface area contributed by atoms with Gasteiger partial charge in [-0.25, -0.2) is 0 Å². The highest BCUT2D eigenvalue weighted by Crippen LogP contribution is 2.33. The first kappa shape index (κ1) is 19.8. The number of benzene rings is 2. The third-order valence-electron chi connectivity index (χ3n) is 5.53. The van der Waals surface area contributed by atoms with Gasteiger partial charge in [-0.05, 0) is 62.6 Å². The number of fused-ring (bicyclic) bond motifs is 1. The predicted molar refractivity (Wildman–Crippen MR) is 119 cm³/mol. The fraction of sp³-hybridized carbons (Fsp3) is 0.240. The van der Waals surface area contributed by atoms with E-state index in [4.69, 9.17) is 0 Å². The van der Waals surface area contributed by atoms with Crippen molar-refractivity contribution < 1.29 is 9.59 Å². The first-order valence-corrected chi connectivity index (χ1v) is 10.2. The van der Waals surface area contributed by atoms with E-state index in [1.54, 1.807) is 15.9 Å². The molecule has 152 valence electrons. The van der Waals surface area contributed by atoms with E-state index >= 15 is 0 Å². The number of anilines is 2. The van der Waals surface area contributed by atoms with Crippen molar-refractivity contribution in [2.75, 3.05) is 16.3 Å². The zero-order chi connectivity index (χ0) is 21.3. The maximum Gasteiger partial charge on any atom is 0.260 e. The Morgan fingerprint density at radius 3 is 2.60 bits per heavy atom. The summed E-state index contributed by atoms with van der Waals surface area (Å²) < 4.78 is 0. The van der Waals surface area contributed by atoms with Gasteiger partial charge >= 0.3 is 0 Å². The summed E-state index contributed by atoms with van der Waals surface area (Å²) in [4.78, 5) is 34.2. The third kappa shape index (κ3) is 3.59. The van der Waals surface area contributed by atoms with Crippen LogP contribution in [0.4, 0.5) is 11.4 Å². The van der Waals surface area contributed by atoms with Crippen molar-refractivity contribution in [3.8, 4) is 0 Å². The first-order valence-electron chi connectivity index (χ1n) is 10.2. The van der Waals surface area contributed by atoms with Crippen molar-refractivity contribution in [3.63, 3.8) is 0 Å². The molecular formula is C25H25N3O2. The molecule has 0 saturated carbocycles. The molecule has 0 radical (unpaired) electrons. The molecule has 1 aromatic heterocycles. The monoisotopic (exact) mass is 399 g/mol. The molecule has 2 heterocycles. The SMILES string of the molecule is CCN(C(=O)c1cncc(C(=O)N2c3ccccc3CC2C)c1)c1cccc(C)c1. The number of aromatic nitrogens is 1. The minimum Gasteiger partial charge on any atom is -0.309 e. The number of hydrogen-bond donors (Lipinski definition) is 0. The lowest BCUT2D eigenvalue weighted by atomic mass is 10.1. The zero-order valence-electron chi connectivity index (χ0n) is 17.5. The average molecular weight is 399 g/mol. The standard InChI is InChI=1S/C25H25N3O2/c1-4-27(22-10-7-8-17(2)12-22)24(29)20-14-21(16-26-15-20)25(30)28-18(3)13-19-9-5-6-11-23(19)28/h5-12,14-16,18H,4,13H2,1-3H3. The molecule has 2 aromatic carbocycles. The maximum atomic E-state index is 13.3. The average Bonchev–Trinajstić information content (AvgIpc) is 3.09. The molecule has 3 aromatic rings.